The van der Waals surface area contributed by atoms with Crippen LogP contribution >= 0.6 is 24.2 Å². The molecular formula is C15H26ClN3O3S2. The van der Waals surface area contributed by atoms with Gasteiger partial charge >= 0.3 is 0 Å². The first-order chi connectivity index (χ1) is 10.9. The highest BCUT2D eigenvalue weighted by Gasteiger charge is 2.25. The Kier molecular flexibility index (Phi) is 11.3. The van der Waals surface area contributed by atoms with Crippen molar-refractivity contribution in [1.29, 1.82) is 0 Å². The van der Waals surface area contributed by atoms with Crippen molar-refractivity contribution in [3.63, 3.8) is 0 Å². The van der Waals surface area contributed by atoms with Gasteiger partial charge in [-0.2, -0.15) is 16.5 Å². The fourth-order valence-electron chi connectivity index (χ4n) is 1.89. The number of hydrogen-bond acceptors (Lipinski definition) is 5. The molecule has 1 amide bonds. The number of amides is 1. The summed E-state index contributed by atoms with van der Waals surface area (Å²) in [6, 6.07) is 5.75. The summed E-state index contributed by atoms with van der Waals surface area (Å²) < 4.78 is 27.4. The molecule has 0 saturated carbocycles. The molecule has 1 aromatic carbocycles. The van der Waals surface area contributed by atoms with Gasteiger partial charge in [-0.05, 0) is 50.5 Å². The van der Waals surface area contributed by atoms with Crippen LogP contribution in [-0.2, 0) is 14.8 Å². The smallest absolute Gasteiger partial charge is 0.241 e. The minimum atomic E-state index is -3.73. The first-order valence-corrected chi connectivity index (χ1v) is 10.3. The maximum Gasteiger partial charge on any atom is 0.241 e. The number of carbonyl (C=O) groups is 1. The van der Waals surface area contributed by atoms with E-state index in [4.69, 9.17) is 5.73 Å². The monoisotopic (exact) mass is 395 g/mol. The number of carbonyl (C=O) groups excluding carboxylic acids is 1. The lowest BCUT2D eigenvalue weighted by Crippen LogP contribution is -2.47. The highest BCUT2D eigenvalue weighted by Crippen LogP contribution is 2.12. The van der Waals surface area contributed by atoms with Crippen LogP contribution in [-0.4, -0.2) is 45.5 Å². The van der Waals surface area contributed by atoms with E-state index in [9.17, 15) is 13.2 Å². The predicted molar refractivity (Wildman–Crippen MR) is 102 cm³/mol. The van der Waals surface area contributed by atoms with Gasteiger partial charge in [-0.25, -0.2) is 8.42 Å². The van der Waals surface area contributed by atoms with E-state index in [1.165, 1.54) is 12.1 Å². The molecular weight excluding hydrogens is 370 g/mol. The first-order valence-electron chi connectivity index (χ1n) is 7.46. The standard InChI is InChI=1S/C15H25N3O3S2.ClH/c1-12-4-6-13(7-5-12)23(20,21)18-14(8-11-22-2)15(19)17-10-3-9-16;/h4-7,14,18H,3,8-11,16H2,1-2H3,(H,17,19);1H. The molecule has 6 nitrogen and oxygen atoms in total. The molecule has 0 bridgehead atoms. The van der Waals surface area contributed by atoms with E-state index in [1.54, 1.807) is 23.9 Å². The molecule has 1 rings (SSSR count). The fraction of sp³-hybridized carbons (Fsp3) is 0.533. The molecule has 1 unspecified atom stereocenters. The largest absolute Gasteiger partial charge is 0.355 e. The number of halogens is 1. The van der Waals surface area contributed by atoms with Crippen LogP contribution in [0.25, 0.3) is 0 Å². The van der Waals surface area contributed by atoms with Gasteiger partial charge in [-0.15, -0.1) is 12.4 Å². The van der Waals surface area contributed by atoms with Gasteiger partial charge < -0.3 is 11.1 Å². The fourth-order valence-corrected chi connectivity index (χ4v) is 3.59. The molecule has 0 aliphatic rings. The van der Waals surface area contributed by atoms with E-state index in [0.29, 0.717) is 31.7 Å². The third-order valence-corrected chi connectivity index (χ3v) is 5.37. The first kappa shape index (κ1) is 23.2. The molecule has 0 spiro atoms. The number of nitrogens with one attached hydrogen (secondary N) is 2. The number of thioether (sulfide) groups is 1. The highest BCUT2D eigenvalue weighted by atomic mass is 35.5. The SMILES string of the molecule is CSCCC(NS(=O)(=O)c1ccc(C)cc1)C(=O)NCCCN.Cl. The Morgan fingerprint density at radius 3 is 2.46 bits per heavy atom. The van der Waals surface area contributed by atoms with Crippen LogP contribution in [0.1, 0.15) is 18.4 Å². The van der Waals surface area contributed by atoms with Gasteiger partial charge in [0.05, 0.1) is 4.90 Å². The van der Waals surface area contributed by atoms with Crippen molar-refractivity contribution in [2.75, 3.05) is 25.1 Å². The van der Waals surface area contributed by atoms with Crippen LogP contribution in [0.2, 0.25) is 0 Å². The molecule has 0 radical (unpaired) electrons. The maximum absolute atomic E-state index is 12.4. The Hall–Kier alpha value is -0.800. The van der Waals surface area contributed by atoms with Gasteiger partial charge in [-0.1, -0.05) is 17.7 Å². The highest BCUT2D eigenvalue weighted by molar-refractivity contribution is 7.98. The van der Waals surface area contributed by atoms with Crippen molar-refractivity contribution in [1.82, 2.24) is 10.0 Å². The zero-order chi connectivity index (χ0) is 17.3. The predicted octanol–water partition coefficient (Wildman–Crippen LogP) is 1.28. The summed E-state index contributed by atoms with van der Waals surface area (Å²) in [6.45, 7) is 2.80. The van der Waals surface area contributed by atoms with E-state index in [2.05, 4.69) is 10.0 Å². The number of nitrogens with two attached hydrogens (primary N) is 1. The lowest BCUT2D eigenvalue weighted by atomic mass is 10.2. The van der Waals surface area contributed by atoms with E-state index >= 15 is 0 Å². The van der Waals surface area contributed by atoms with Crippen molar-refractivity contribution in [2.45, 2.75) is 30.7 Å². The van der Waals surface area contributed by atoms with Crippen molar-refractivity contribution in [3.8, 4) is 0 Å². The summed E-state index contributed by atoms with van der Waals surface area (Å²) in [7, 11) is -3.73. The summed E-state index contributed by atoms with van der Waals surface area (Å²) in [6.07, 6.45) is 3.00. The van der Waals surface area contributed by atoms with Gasteiger partial charge in [0, 0.05) is 6.54 Å². The average molecular weight is 396 g/mol. The molecule has 1 aromatic rings. The average Bonchev–Trinajstić information content (AvgIpc) is 2.52. The van der Waals surface area contributed by atoms with Gasteiger partial charge in [0.1, 0.15) is 6.04 Å². The second-order valence-corrected chi connectivity index (χ2v) is 7.90. The molecule has 24 heavy (non-hydrogen) atoms. The van der Waals surface area contributed by atoms with Crippen molar-refractivity contribution >= 4 is 40.1 Å². The van der Waals surface area contributed by atoms with E-state index in [0.717, 1.165) is 5.56 Å². The van der Waals surface area contributed by atoms with Crippen molar-refractivity contribution in [3.05, 3.63) is 29.8 Å². The zero-order valence-corrected chi connectivity index (χ0v) is 16.4. The minimum Gasteiger partial charge on any atom is -0.355 e. The van der Waals surface area contributed by atoms with Crippen LogP contribution in [0.4, 0.5) is 0 Å². The molecule has 0 heterocycles. The maximum atomic E-state index is 12.4. The molecule has 9 heteroatoms. The normalized spacial score (nSPS) is 12.3. The summed E-state index contributed by atoms with van der Waals surface area (Å²) in [5.74, 6) is 0.369. The molecule has 0 aromatic heterocycles. The lowest BCUT2D eigenvalue weighted by molar-refractivity contribution is -0.122. The third-order valence-electron chi connectivity index (χ3n) is 3.24. The molecule has 0 aliphatic heterocycles. The number of benzene rings is 1. The Balaban J connectivity index is 0.00000529. The zero-order valence-electron chi connectivity index (χ0n) is 13.9. The topological polar surface area (TPSA) is 101 Å². The minimum absolute atomic E-state index is 0. The Labute approximate surface area is 154 Å². The Bertz CT molecular complexity index is 594. The van der Waals surface area contributed by atoms with Crippen LogP contribution in [0, 0.1) is 6.92 Å². The third kappa shape index (κ3) is 7.85. The Morgan fingerprint density at radius 1 is 1.29 bits per heavy atom. The van der Waals surface area contributed by atoms with Crippen molar-refractivity contribution in [2.24, 2.45) is 5.73 Å². The molecule has 0 fully saturated rings. The summed E-state index contributed by atoms with van der Waals surface area (Å²) in [4.78, 5) is 12.4. The van der Waals surface area contributed by atoms with Crippen LogP contribution in [0.15, 0.2) is 29.2 Å². The molecule has 4 N–H and O–H groups in total. The summed E-state index contributed by atoms with van der Waals surface area (Å²) in [5, 5.41) is 2.72. The van der Waals surface area contributed by atoms with Crippen LogP contribution in [0.5, 0.6) is 0 Å². The lowest BCUT2D eigenvalue weighted by Gasteiger charge is -2.18. The van der Waals surface area contributed by atoms with Crippen LogP contribution in [0.3, 0.4) is 0 Å². The quantitative estimate of drug-likeness (QED) is 0.518. The number of sulfonamides is 1. The van der Waals surface area contributed by atoms with E-state index in [-0.39, 0.29) is 23.2 Å². The van der Waals surface area contributed by atoms with Gasteiger partial charge in [-0.3, -0.25) is 4.79 Å². The van der Waals surface area contributed by atoms with Gasteiger partial charge in [0.15, 0.2) is 0 Å². The van der Waals surface area contributed by atoms with Gasteiger partial charge in [0.2, 0.25) is 15.9 Å². The second kappa shape index (κ2) is 11.7. The Morgan fingerprint density at radius 2 is 1.92 bits per heavy atom. The van der Waals surface area contributed by atoms with Crippen LogP contribution < -0.4 is 15.8 Å². The number of hydrogen-bond donors (Lipinski definition) is 3. The summed E-state index contributed by atoms with van der Waals surface area (Å²) >= 11 is 1.56. The second-order valence-electron chi connectivity index (χ2n) is 5.20. The molecule has 0 aliphatic carbocycles. The summed E-state index contributed by atoms with van der Waals surface area (Å²) in [5.41, 5.74) is 6.37. The van der Waals surface area contributed by atoms with Crippen molar-refractivity contribution < 1.29 is 13.2 Å². The van der Waals surface area contributed by atoms with Gasteiger partial charge in [0.25, 0.3) is 0 Å². The molecule has 1 atom stereocenters. The number of rotatable bonds is 10. The van der Waals surface area contributed by atoms with E-state index in [1.807, 2.05) is 13.2 Å². The molecule has 0 saturated heterocycles. The molecule has 138 valence electrons. The number of aryl methyl sites for hydroxylation is 1. The van der Waals surface area contributed by atoms with E-state index < -0.39 is 16.1 Å².